The van der Waals surface area contributed by atoms with Gasteiger partial charge in [0.05, 0.1) is 33.7 Å². The quantitative estimate of drug-likeness (QED) is 0.177. The van der Waals surface area contributed by atoms with E-state index in [-0.39, 0.29) is 12.5 Å². The fourth-order valence-corrected chi connectivity index (χ4v) is 6.97. The highest BCUT2D eigenvalue weighted by molar-refractivity contribution is 7.99. The molecule has 6 nitrogen and oxygen atoms in total. The van der Waals surface area contributed by atoms with Gasteiger partial charge in [-0.2, -0.15) is 0 Å². The van der Waals surface area contributed by atoms with Crippen molar-refractivity contribution in [3.8, 4) is 17.1 Å². The molecule has 0 saturated heterocycles. The number of rotatable bonds is 9. The Bertz CT molecular complexity index is 1700. The zero-order valence-corrected chi connectivity index (χ0v) is 24.9. The van der Waals surface area contributed by atoms with Crippen LogP contribution in [0.5, 0.6) is 5.88 Å². The van der Waals surface area contributed by atoms with Crippen LogP contribution in [0.3, 0.4) is 0 Å². The van der Waals surface area contributed by atoms with E-state index in [9.17, 15) is 5.11 Å². The maximum atomic E-state index is 11.3. The van der Waals surface area contributed by atoms with Crippen molar-refractivity contribution in [3.63, 3.8) is 0 Å². The van der Waals surface area contributed by atoms with Crippen molar-refractivity contribution in [2.45, 2.75) is 59.5 Å². The highest BCUT2D eigenvalue weighted by Crippen LogP contribution is 2.51. The number of aromatic nitrogens is 3. The third-order valence-electron chi connectivity index (χ3n) is 7.91. The first-order valence-corrected chi connectivity index (χ1v) is 15.5. The lowest BCUT2D eigenvalue weighted by Gasteiger charge is -2.43. The number of ether oxygens (including phenoxy) is 1. The summed E-state index contributed by atoms with van der Waals surface area (Å²) in [6.07, 6.45) is 6.44. The van der Waals surface area contributed by atoms with Crippen LogP contribution >= 0.6 is 35.0 Å². The third kappa shape index (κ3) is 5.54. The molecule has 2 fully saturated rings. The van der Waals surface area contributed by atoms with Gasteiger partial charge in [0.15, 0.2) is 0 Å². The van der Waals surface area contributed by atoms with Gasteiger partial charge in [0.1, 0.15) is 23.7 Å². The van der Waals surface area contributed by atoms with E-state index in [0.717, 1.165) is 24.2 Å². The highest BCUT2D eigenvalue weighted by atomic mass is 35.5. The van der Waals surface area contributed by atoms with E-state index in [0.29, 0.717) is 51.6 Å². The van der Waals surface area contributed by atoms with E-state index in [1.807, 2.05) is 18.2 Å². The van der Waals surface area contributed by atoms with Gasteiger partial charge in [0, 0.05) is 21.3 Å². The summed E-state index contributed by atoms with van der Waals surface area (Å²) in [5.74, 6) is 1.72. The summed E-state index contributed by atoms with van der Waals surface area (Å²) < 4.78 is 11.8. The summed E-state index contributed by atoms with van der Waals surface area (Å²) in [4.78, 5) is 11.4. The van der Waals surface area contributed by atoms with E-state index in [1.165, 1.54) is 15.4 Å². The number of halogens is 2. The van der Waals surface area contributed by atoms with Crippen LogP contribution in [0.1, 0.15) is 60.1 Å². The normalized spacial score (nSPS) is 19.8. The lowest BCUT2D eigenvalue weighted by Crippen LogP contribution is -2.40. The Hall–Kier alpha value is -3.36. The Kier molecular flexibility index (Phi) is 7.44. The average Bonchev–Trinajstić information content (AvgIpc) is 3.75. The molecule has 0 aliphatic heterocycles. The number of hydrogen-bond donors (Lipinski definition) is 1. The molecule has 3 aromatic carbocycles. The summed E-state index contributed by atoms with van der Waals surface area (Å²) >= 11 is 14.7. The Morgan fingerprint density at radius 3 is 2.33 bits per heavy atom. The first-order chi connectivity index (χ1) is 20.5. The maximum Gasteiger partial charge on any atom is 0.232 e. The molecule has 0 atom stereocenters. The highest BCUT2D eigenvalue weighted by Gasteiger charge is 2.46. The van der Waals surface area contributed by atoms with E-state index in [4.69, 9.17) is 32.5 Å². The van der Waals surface area contributed by atoms with Crippen LogP contribution in [0.2, 0.25) is 10.0 Å². The molecule has 2 saturated carbocycles. The summed E-state index contributed by atoms with van der Waals surface area (Å²) in [6, 6.07) is 24.2. The number of aliphatic hydroxyl groups is 1. The van der Waals surface area contributed by atoms with Gasteiger partial charge in [-0.1, -0.05) is 76.5 Å². The number of benzene rings is 3. The summed E-state index contributed by atoms with van der Waals surface area (Å²) in [5.41, 5.74) is 2.78. The average molecular weight is 617 g/mol. The molecule has 0 amide bonds. The standard InChI is InChI=1S/C33H27Cl2N3O3S/c34-26-10-5-11-27(35)30(26)31-25(32(41-38-31)20-12-13-20)19-40-29-18-36-28(17-37-29)33(39)15-22(16-33)21-6-4-9-24(14-21)42-23-7-2-1-3-8-23/h1-11,14,17-18,20,22,39H,12-13,15-16,19H2. The van der Waals surface area contributed by atoms with Crippen molar-refractivity contribution in [1.29, 1.82) is 0 Å². The molecule has 0 unspecified atom stereocenters. The van der Waals surface area contributed by atoms with Gasteiger partial charge < -0.3 is 14.4 Å². The zero-order valence-electron chi connectivity index (χ0n) is 22.5. The molecular weight excluding hydrogens is 589 g/mol. The second-order valence-corrected chi connectivity index (χ2v) is 12.9. The monoisotopic (exact) mass is 615 g/mol. The molecule has 42 heavy (non-hydrogen) atoms. The van der Waals surface area contributed by atoms with Crippen LogP contribution in [0.25, 0.3) is 11.3 Å². The molecular formula is C33H27Cl2N3O3S. The molecule has 0 spiro atoms. The Morgan fingerprint density at radius 2 is 1.62 bits per heavy atom. The molecule has 7 rings (SSSR count). The molecule has 2 aliphatic rings. The van der Waals surface area contributed by atoms with Crippen molar-refractivity contribution in [2.75, 3.05) is 0 Å². The van der Waals surface area contributed by atoms with Crippen LogP contribution in [0.4, 0.5) is 0 Å². The molecule has 2 aromatic heterocycles. The Labute approximate surface area is 258 Å². The van der Waals surface area contributed by atoms with Gasteiger partial charge in [-0.05, 0) is 73.6 Å². The van der Waals surface area contributed by atoms with Gasteiger partial charge in [0.25, 0.3) is 0 Å². The summed E-state index contributed by atoms with van der Waals surface area (Å²) in [5, 5.41) is 16.6. The Balaban J connectivity index is 1.02. The number of hydrogen-bond acceptors (Lipinski definition) is 7. The smallest absolute Gasteiger partial charge is 0.232 e. The number of nitrogens with zero attached hydrogens (tertiary/aromatic N) is 3. The van der Waals surface area contributed by atoms with E-state index >= 15 is 0 Å². The topological polar surface area (TPSA) is 81.3 Å². The first kappa shape index (κ1) is 27.5. The predicted octanol–water partition coefficient (Wildman–Crippen LogP) is 8.81. The maximum absolute atomic E-state index is 11.3. The molecule has 0 radical (unpaired) electrons. The second kappa shape index (κ2) is 11.4. The van der Waals surface area contributed by atoms with Crippen LogP contribution in [0, 0.1) is 0 Å². The molecule has 0 bridgehead atoms. The minimum atomic E-state index is -1.01. The lowest BCUT2D eigenvalue weighted by molar-refractivity contribution is -0.0590. The van der Waals surface area contributed by atoms with Crippen molar-refractivity contribution in [2.24, 2.45) is 0 Å². The molecule has 5 aromatic rings. The zero-order chi connectivity index (χ0) is 28.7. The van der Waals surface area contributed by atoms with Crippen molar-refractivity contribution in [3.05, 3.63) is 118 Å². The fourth-order valence-electron chi connectivity index (χ4n) is 5.48. The van der Waals surface area contributed by atoms with E-state index < -0.39 is 5.60 Å². The van der Waals surface area contributed by atoms with Gasteiger partial charge in [-0.25, -0.2) is 4.98 Å². The van der Waals surface area contributed by atoms with Crippen molar-refractivity contribution < 1.29 is 14.4 Å². The summed E-state index contributed by atoms with van der Waals surface area (Å²) in [6.45, 7) is 0.184. The Morgan fingerprint density at radius 1 is 0.881 bits per heavy atom. The lowest BCUT2D eigenvalue weighted by atomic mass is 9.66. The molecule has 212 valence electrons. The SMILES string of the molecule is OC1(c2cnc(OCc3c(-c4c(Cl)cccc4Cl)noc3C3CC3)cn2)CC(c2cccc(Sc3ccccc3)c2)C1. The molecule has 2 aliphatic carbocycles. The van der Waals surface area contributed by atoms with Gasteiger partial charge in [-0.3, -0.25) is 4.98 Å². The van der Waals surface area contributed by atoms with Gasteiger partial charge in [-0.15, -0.1) is 0 Å². The van der Waals surface area contributed by atoms with Gasteiger partial charge in [0.2, 0.25) is 5.88 Å². The fraction of sp³-hybridized carbons (Fsp3) is 0.242. The predicted molar refractivity (Wildman–Crippen MR) is 163 cm³/mol. The van der Waals surface area contributed by atoms with Gasteiger partial charge >= 0.3 is 0 Å². The van der Waals surface area contributed by atoms with Crippen molar-refractivity contribution in [1.82, 2.24) is 15.1 Å². The molecule has 2 heterocycles. The second-order valence-electron chi connectivity index (χ2n) is 10.9. The van der Waals surface area contributed by atoms with Crippen molar-refractivity contribution >= 4 is 35.0 Å². The molecule has 1 N–H and O–H groups in total. The third-order valence-corrected chi connectivity index (χ3v) is 9.54. The minimum Gasteiger partial charge on any atom is -0.471 e. The largest absolute Gasteiger partial charge is 0.471 e. The van der Waals surface area contributed by atoms with Crippen LogP contribution in [0.15, 0.2) is 99.5 Å². The van der Waals surface area contributed by atoms with Crippen LogP contribution in [-0.4, -0.2) is 20.2 Å². The van der Waals surface area contributed by atoms with E-state index in [1.54, 1.807) is 42.4 Å². The van der Waals surface area contributed by atoms with Crippen LogP contribution in [-0.2, 0) is 12.2 Å². The molecule has 9 heteroatoms. The first-order valence-electron chi connectivity index (χ1n) is 13.9. The minimum absolute atomic E-state index is 0.184. The van der Waals surface area contributed by atoms with E-state index in [2.05, 4.69) is 51.5 Å². The summed E-state index contributed by atoms with van der Waals surface area (Å²) in [7, 11) is 0. The van der Waals surface area contributed by atoms with Crippen LogP contribution < -0.4 is 4.74 Å².